The van der Waals surface area contributed by atoms with Crippen LogP contribution in [0.2, 0.25) is 0 Å². The molecule has 0 spiro atoms. The molecule has 96 valence electrons. The third-order valence-electron chi connectivity index (χ3n) is 3.33. The van der Waals surface area contributed by atoms with Crippen LogP contribution < -0.4 is 5.32 Å². The number of rotatable bonds is 3. The summed E-state index contributed by atoms with van der Waals surface area (Å²) in [5, 5.41) is 13.7. The van der Waals surface area contributed by atoms with Crippen molar-refractivity contribution in [2.75, 3.05) is 5.32 Å². The van der Waals surface area contributed by atoms with Crippen molar-refractivity contribution in [1.82, 2.24) is 4.98 Å². The van der Waals surface area contributed by atoms with E-state index in [9.17, 15) is 10.1 Å². The van der Waals surface area contributed by atoms with Gasteiger partial charge < -0.3 is 5.32 Å². The zero-order chi connectivity index (χ0) is 13.2. The molecule has 1 aromatic carbocycles. The third kappa shape index (κ3) is 2.40. The average Bonchev–Trinajstić information content (AvgIpc) is 2.87. The topological polar surface area (TPSA) is 68.1 Å². The molecular formula is C14H13N3O2. The van der Waals surface area contributed by atoms with Gasteiger partial charge in [-0.05, 0) is 48.6 Å². The zero-order valence-electron chi connectivity index (χ0n) is 10.3. The number of aromatic nitrogens is 1. The summed E-state index contributed by atoms with van der Waals surface area (Å²) in [4.78, 5) is 14.1. The molecule has 1 aliphatic rings. The lowest BCUT2D eigenvalue weighted by atomic mass is 10.1. The lowest BCUT2D eigenvalue weighted by Gasteiger charge is -2.07. The van der Waals surface area contributed by atoms with Crippen molar-refractivity contribution in [2.24, 2.45) is 0 Å². The van der Waals surface area contributed by atoms with Crippen molar-refractivity contribution in [2.45, 2.75) is 19.3 Å². The van der Waals surface area contributed by atoms with Crippen LogP contribution in [0.15, 0.2) is 36.5 Å². The van der Waals surface area contributed by atoms with Gasteiger partial charge in [-0.2, -0.15) is 0 Å². The van der Waals surface area contributed by atoms with Gasteiger partial charge in [-0.25, -0.2) is 4.98 Å². The molecule has 1 N–H and O–H groups in total. The Morgan fingerprint density at radius 3 is 2.74 bits per heavy atom. The highest BCUT2D eigenvalue weighted by Gasteiger charge is 2.11. The summed E-state index contributed by atoms with van der Waals surface area (Å²) in [5.74, 6) is 0.614. The van der Waals surface area contributed by atoms with E-state index in [0.29, 0.717) is 5.82 Å². The van der Waals surface area contributed by atoms with E-state index < -0.39 is 4.92 Å². The Labute approximate surface area is 110 Å². The summed E-state index contributed by atoms with van der Waals surface area (Å²) >= 11 is 0. The number of fused-ring (bicyclic) bond motifs is 1. The number of pyridine rings is 1. The van der Waals surface area contributed by atoms with Gasteiger partial charge >= 0.3 is 0 Å². The van der Waals surface area contributed by atoms with Crippen LogP contribution in [0.5, 0.6) is 0 Å². The molecule has 0 aliphatic heterocycles. The predicted octanol–water partition coefficient (Wildman–Crippen LogP) is 3.22. The van der Waals surface area contributed by atoms with Gasteiger partial charge in [-0.1, -0.05) is 6.07 Å². The number of nitro groups is 1. The van der Waals surface area contributed by atoms with Gasteiger partial charge in [0.25, 0.3) is 5.69 Å². The van der Waals surface area contributed by atoms with Crippen LogP contribution in [0.1, 0.15) is 17.5 Å². The van der Waals surface area contributed by atoms with Gasteiger partial charge in [-0.15, -0.1) is 0 Å². The second-order valence-corrected chi connectivity index (χ2v) is 4.62. The Morgan fingerprint density at radius 1 is 1.16 bits per heavy atom. The molecule has 0 saturated carbocycles. The second-order valence-electron chi connectivity index (χ2n) is 4.62. The molecular weight excluding hydrogens is 242 g/mol. The van der Waals surface area contributed by atoms with E-state index in [2.05, 4.69) is 22.4 Å². The standard InChI is InChI=1S/C14H13N3O2/c18-17(19)13-6-7-14(15-9-13)16-12-5-4-10-2-1-3-11(10)8-12/h4-9H,1-3H2,(H,15,16). The van der Waals surface area contributed by atoms with Gasteiger partial charge in [0.2, 0.25) is 0 Å². The molecule has 0 atom stereocenters. The highest BCUT2D eigenvalue weighted by Crippen LogP contribution is 2.26. The predicted molar refractivity (Wildman–Crippen MR) is 72.6 cm³/mol. The van der Waals surface area contributed by atoms with Crippen molar-refractivity contribution >= 4 is 17.2 Å². The number of nitrogens with one attached hydrogen (secondary N) is 1. The number of anilines is 2. The summed E-state index contributed by atoms with van der Waals surface area (Å²) in [6.45, 7) is 0. The van der Waals surface area contributed by atoms with E-state index in [1.165, 1.54) is 29.8 Å². The summed E-state index contributed by atoms with van der Waals surface area (Å²) in [5.41, 5.74) is 3.77. The molecule has 0 bridgehead atoms. The maximum atomic E-state index is 10.5. The van der Waals surface area contributed by atoms with Gasteiger partial charge in [0.05, 0.1) is 4.92 Å². The normalized spacial score (nSPS) is 13.1. The molecule has 1 heterocycles. The quantitative estimate of drug-likeness (QED) is 0.675. The van der Waals surface area contributed by atoms with E-state index >= 15 is 0 Å². The second kappa shape index (κ2) is 4.68. The third-order valence-corrected chi connectivity index (χ3v) is 3.33. The van der Waals surface area contributed by atoms with Gasteiger partial charge in [0.1, 0.15) is 12.0 Å². The van der Waals surface area contributed by atoms with E-state index in [0.717, 1.165) is 18.5 Å². The lowest BCUT2D eigenvalue weighted by Crippen LogP contribution is -1.96. The molecule has 1 aromatic heterocycles. The average molecular weight is 255 g/mol. The Bertz CT molecular complexity index is 623. The maximum Gasteiger partial charge on any atom is 0.287 e. The molecule has 5 heteroatoms. The molecule has 0 amide bonds. The first-order chi connectivity index (χ1) is 9.22. The number of benzene rings is 1. The van der Waals surface area contributed by atoms with Crippen molar-refractivity contribution in [3.63, 3.8) is 0 Å². The number of hydrogen-bond donors (Lipinski definition) is 1. The Kier molecular flexibility index (Phi) is 2.87. The summed E-state index contributed by atoms with van der Waals surface area (Å²) < 4.78 is 0. The van der Waals surface area contributed by atoms with Crippen LogP contribution in [0.25, 0.3) is 0 Å². The smallest absolute Gasteiger partial charge is 0.287 e. The van der Waals surface area contributed by atoms with Crippen molar-refractivity contribution in [1.29, 1.82) is 0 Å². The first kappa shape index (κ1) is 11.6. The van der Waals surface area contributed by atoms with E-state index in [4.69, 9.17) is 0 Å². The largest absolute Gasteiger partial charge is 0.340 e. The fourth-order valence-corrected chi connectivity index (χ4v) is 2.37. The summed E-state index contributed by atoms with van der Waals surface area (Å²) in [6.07, 6.45) is 4.76. The minimum Gasteiger partial charge on any atom is -0.340 e. The molecule has 0 radical (unpaired) electrons. The molecule has 0 fully saturated rings. The minimum absolute atomic E-state index is 0.000460. The fourth-order valence-electron chi connectivity index (χ4n) is 2.37. The Balaban J connectivity index is 1.79. The van der Waals surface area contributed by atoms with Gasteiger partial charge in [-0.3, -0.25) is 10.1 Å². The molecule has 5 nitrogen and oxygen atoms in total. The van der Waals surface area contributed by atoms with Crippen LogP contribution in [0, 0.1) is 10.1 Å². The molecule has 3 rings (SSSR count). The lowest BCUT2D eigenvalue weighted by molar-refractivity contribution is -0.385. The summed E-state index contributed by atoms with van der Waals surface area (Å²) in [7, 11) is 0. The Hall–Kier alpha value is -2.43. The molecule has 2 aromatic rings. The fraction of sp³-hybridized carbons (Fsp3) is 0.214. The zero-order valence-corrected chi connectivity index (χ0v) is 10.3. The first-order valence-electron chi connectivity index (χ1n) is 6.22. The molecule has 0 saturated heterocycles. The van der Waals surface area contributed by atoms with Crippen molar-refractivity contribution < 1.29 is 4.92 Å². The highest BCUT2D eigenvalue weighted by molar-refractivity contribution is 5.59. The maximum absolute atomic E-state index is 10.5. The highest BCUT2D eigenvalue weighted by atomic mass is 16.6. The minimum atomic E-state index is -0.452. The number of aryl methyl sites for hydroxylation is 2. The van der Waals surface area contributed by atoms with E-state index in [1.807, 2.05) is 6.07 Å². The van der Waals surface area contributed by atoms with Crippen molar-refractivity contribution in [3.05, 3.63) is 57.8 Å². The van der Waals surface area contributed by atoms with Crippen molar-refractivity contribution in [3.8, 4) is 0 Å². The molecule has 19 heavy (non-hydrogen) atoms. The SMILES string of the molecule is O=[N+]([O-])c1ccc(Nc2ccc3c(c2)CCC3)nc1. The monoisotopic (exact) mass is 255 g/mol. The van der Waals surface area contributed by atoms with Crippen LogP contribution in [-0.4, -0.2) is 9.91 Å². The number of nitrogens with zero attached hydrogens (tertiary/aromatic N) is 2. The van der Waals surface area contributed by atoms with Gasteiger partial charge in [0, 0.05) is 11.8 Å². The van der Waals surface area contributed by atoms with Crippen LogP contribution in [-0.2, 0) is 12.8 Å². The van der Waals surface area contributed by atoms with Crippen LogP contribution >= 0.6 is 0 Å². The van der Waals surface area contributed by atoms with Gasteiger partial charge in [0.15, 0.2) is 0 Å². The van der Waals surface area contributed by atoms with E-state index in [-0.39, 0.29) is 5.69 Å². The summed E-state index contributed by atoms with van der Waals surface area (Å²) in [6, 6.07) is 9.35. The van der Waals surface area contributed by atoms with Crippen LogP contribution in [0.4, 0.5) is 17.2 Å². The first-order valence-corrected chi connectivity index (χ1v) is 6.22. The van der Waals surface area contributed by atoms with E-state index in [1.54, 1.807) is 6.07 Å². The number of hydrogen-bond acceptors (Lipinski definition) is 4. The van der Waals surface area contributed by atoms with Crippen LogP contribution in [0.3, 0.4) is 0 Å². The Morgan fingerprint density at radius 2 is 2.00 bits per heavy atom. The molecule has 0 unspecified atom stereocenters. The molecule has 1 aliphatic carbocycles.